The smallest absolute Gasteiger partial charge is 0.164 e. The summed E-state index contributed by atoms with van der Waals surface area (Å²) in [4.78, 5) is 15.5. The maximum atomic E-state index is 6.70. The van der Waals surface area contributed by atoms with Gasteiger partial charge < -0.3 is 17.8 Å². The fourth-order valence-corrected chi connectivity index (χ4v) is 10.6. The minimum Gasteiger partial charge on any atom is -0.456 e. The normalized spacial score (nSPS) is 12.0. The average Bonchev–Trinajstić information content (AvgIpc) is 4.19. The zero-order chi connectivity index (χ0) is 45.9. The molecule has 7 heteroatoms. The Hall–Kier alpha value is -9.59. The van der Waals surface area contributed by atoms with Gasteiger partial charge in [-0.2, -0.15) is 0 Å². The van der Waals surface area contributed by atoms with E-state index in [1.54, 1.807) is 0 Å². The molecule has 0 aliphatic rings. The summed E-state index contributed by atoms with van der Waals surface area (Å²) in [6.07, 6.45) is 0. The minimum absolute atomic E-state index is 0.555. The van der Waals surface area contributed by atoms with Gasteiger partial charge in [-0.3, -0.25) is 0 Å². The number of aromatic nitrogens is 4. The lowest BCUT2D eigenvalue weighted by Crippen LogP contribution is -2.00. The predicted molar refractivity (Wildman–Crippen MR) is 283 cm³/mol. The molecule has 0 saturated heterocycles. The van der Waals surface area contributed by atoms with E-state index in [2.05, 4.69) is 150 Å². The molecular weight excluding hydrogens is 861 g/mol. The summed E-state index contributed by atoms with van der Waals surface area (Å²) in [6.45, 7) is 0. The van der Waals surface area contributed by atoms with Crippen LogP contribution in [0.15, 0.2) is 232 Å². The molecule has 0 amide bonds. The highest BCUT2D eigenvalue weighted by molar-refractivity contribution is 6.17. The second-order valence-electron chi connectivity index (χ2n) is 17.9. The van der Waals surface area contributed by atoms with Crippen LogP contribution in [0.2, 0.25) is 0 Å². The van der Waals surface area contributed by atoms with E-state index < -0.39 is 0 Å². The van der Waals surface area contributed by atoms with E-state index in [-0.39, 0.29) is 0 Å². The molecule has 70 heavy (non-hydrogen) atoms. The molecule has 0 fully saturated rings. The third-order valence-electron chi connectivity index (χ3n) is 13.9. The summed E-state index contributed by atoms with van der Waals surface area (Å²) in [5.74, 6) is 1.71. The minimum atomic E-state index is 0.555. The Morgan fingerprint density at radius 1 is 0.271 bits per heavy atom. The Balaban J connectivity index is 0.856. The molecule has 0 bridgehead atoms. The number of furan rings is 3. The Morgan fingerprint density at radius 3 is 1.66 bits per heavy atom. The highest BCUT2D eigenvalue weighted by Gasteiger charge is 2.21. The van der Waals surface area contributed by atoms with Gasteiger partial charge in [0, 0.05) is 65.5 Å². The van der Waals surface area contributed by atoms with Crippen molar-refractivity contribution in [1.29, 1.82) is 0 Å². The van der Waals surface area contributed by atoms with Gasteiger partial charge in [0.1, 0.15) is 33.5 Å². The molecule has 5 heterocycles. The van der Waals surface area contributed by atoms with E-state index in [1.807, 2.05) is 72.8 Å². The van der Waals surface area contributed by atoms with Crippen molar-refractivity contribution in [2.45, 2.75) is 0 Å². The van der Waals surface area contributed by atoms with Crippen LogP contribution in [0.4, 0.5) is 0 Å². The third-order valence-corrected chi connectivity index (χ3v) is 13.9. The van der Waals surface area contributed by atoms with Crippen LogP contribution in [0.5, 0.6) is 0 Å². The van der Waals surface area contributed by atoms with Crippen LogP contribution in [-0.2, 0) is 0 Å². The highest BCUT2D eigenvalue weighted by atomic mass is 16.3. The van der Waals surface area contributed by atoms with Crippen LogP contribution in [0.25, 0.3) is 150 Å². The van der Waals surface area contributed by atoms with Gasteiger partial charge in [0.15, 0.2) is 17.5 Å². The first kappa shape index (κ1) is 38.5. The lowest BCUT2D eigenvalue weighted by molar-refractivity contribution is 0.668. The third kappa shape index (κ3) is 5.91. The van der Waals surface area contributed by atoms with Gasteiger partial charge in [0.05, 0.1) is 11.0 Å². The van der Waals surface area contributed by atoms with E-state index in [1.165, 1.54) is 21.8 Å². The van der Waals surface area contributed by atoms with Crippen LogP contribution >= 0.6 is 0 Å². The summed E-state index contributed by atoms with van der Waals surface area (Å²) >= 11 is 0. The average molecular weight is 897 g/mol. The number of hydrogen-bond acceptors (Lipinski definition) is 6. The Bertz CT molecular complexity index is 4600. The lowest BCUT2D eigenvalue weighted by atomic mass is 9.96. The van der Waals surface area contributed by atoms with E-state index in [4.69, 9.17) is 28.2 Å². The maximum Gasteiger partial charge on any atom is 0.164 e. The first-order valence-corrected chi connectivity index (χ1v) is 23.4. The van der Waals surface area contributed by atoms with E-state index in [0.29, 0.717) is 17.5 Å². The number of rotatable bonds is 6. The first-order chi connectivity index (χ1) is 34.7. The molecule has 15 rings (SSSR count). The molecular formula is C63H36N4O3. The van der Waals surface area contributed by atoms with Crippen molar-refractivity contribution >= 4 is 87.6 Å². The van der Waals surface area contributed by atoms with Crippen LogP contribution in [0.1, 0.15) is 0 Å². The predicted octanol–water partition coefficient (Wildman–Crippen LogP) is 17.0. The van der Waals surface area contributed by atoms with Crippen molar-refractivity contribution < 1.29 is 13.3 Å². The molecule has 0 saturated carbocycles. The van der Waals surface area contributed by atoms with E-state index in [0.717, 1.165) is 110 Å². The molecule has 0 aliphatic heterocycles. The molecule has 0 unspecified atom stereocenters. The first-order valence-electron chi connectivity index (χ1n) is 23.4. The molecule has 0 spiro atoms. The van der Waals surface area contributed by atoms with Crippen LogP contribution < -0.4 is 0 Å². The number of benzene rings is 10. The van der Waals surface area contributed by atoms with Crippen molar-refractivity contribution in [3.05, 3.63) is 218 Å². The van der Waals surface area contributed by atoms with Crippen molar-refractivity contribution in [1.82, 2.24) is 19.5 Å². The van der Waals surface area contributed by atoms with Crippen molar-refractivity contribution in [3.8, 4) is 62.1 Å². The Morgan fingerprint density at radius 2 is 0.814 bits per heavy atom. The fraction of sp³-hybridized carbons (Fsp3) is 0. The number of fused-ring (bicyclic) bond motifs is 12. The fourth-order valence-electron chi connectivity index (χ4n) is 10.6. The molecule has 5 aromatic heterocycles. The molecule has 0 N–H and O–H groups in total. The number of nitrogens with zero attached hydrogens (tertiary/aromatic N) is 4. The van der Waals surface area contributed by atoms with Crippen LogP contribution in [0, 0.1) is 0 Å². The van der Waals surface area contributed by atoms with Gasteiger partial charge in [0.2, 0.25) is 0 Å². The summed E-state index contributed by atoms with van der Waals surface area (Å²) in [6, 6.07) is 75.7. The van der Waals surface area contributed by atoms with Gasteiger partial charge in [0.25, 0.3) is 0 Å². The van der Waals surface area contributed by atoms with Gasteiger partial charge in [-0.25, -0.2) is 15.0 Å². The highest BCUT2D eigenvalue weighted by Crippen LogP contribution is 2.43. The zero-order valence-corrected chi connectivity index (χ0v) is 37.3. The lowest BCUT2D eigenvalue weighted by Gasteiger charge is -2.09. The van der Waals surface area contributed by atoms with Crippen LogP contribution in [0.3, 0.4) is 0 Å². The molecule has 0 atom stereocenters. The summed E-state index contributed by atoms with van der Waals surface area (Å²) in [5.41, 5.74) is 15.3. The molecule has 326 valence electrons. The second kappa shape index (κ2) is 15.0. The topological polar surface area (TPSA) is 83.0 Å². The van der Waals surface area contributed by atoms with Crippen molar-refractivity contribution in [2.24, 2.45) is 0 Å². The van der Waals surface area contributed by atoms with E-state index in [9.17, 15) is 0 Å². The maximum absolute atomic E-state index is 6.70. The van der Waals surface area contributed by atoms with Crippen molar-refractivity contribution in [3.63, 3.8) is 0 Å². The van der Waals surface area contributed by atoms with Gasteiger partial charge >= 0.3 is 0 Å². The van der Waals surface area contributed by atoms with Gasteiger partial charge in [-0.05, 0) is 113 Å². The standard InChI is InChI=1S/C63H36N4O3/c1-3-13-37(14-4-1)61-64-62(41-28-32-54-49(35-41)45-18-8-10-22-53(45)68-54)66-63(65-61)47-20-12-24-57-60(47)50-34-40(27-31-55(50)69-57)43-19-11-23-56-59(43)46-29-25-39(36-58(46)70-56)38-26-30-52-48(33-38)44-17-7-9-21-51(44)67(52)42-15-5-2-6-16-42/h1-36H. The zero-order valence-electron chi connectivity index (χ0n) is 37.3. The molecule has 15 aromatic rings. The summed E-state index contributed by atoms with van der Waals surface area (Å²) < 4.78 is 21.8. The number of hydrogen-bond donors (Lipinski definition) is 0. The Kier molecular flexibility index (Phi) is 8.23. The molecule has 0 radical (unpaired) electrons. The molecule has 0 aliphatic carbocycles. The number of para-hydroxylation sites is 3. The van der Waals surface area contributed by atoms with Gasteiger partial charge in [-0.1, -0.05) is 127 Å². The molecule has 7 nitrogen and oxygen atoms in total. The summed E-state index contributed by atoms with van der Waals surface area (Å²) in [5, 5.41) is 8.51. The van der Waals surface area contributed by atoms with Crippen molar-refractivity contribution in [2.75, 3.05) is 0 Å². The molecule has 10 aromatic carbocycles. The monoisotopic (exact) mass is 896 g/mol. The Labute approximate surface area is 399 Å². The largest absolute Gasteiger partial charge is 0.456 e. The second-order valence-corrected chi connectivity index (χ2v) is 17.9. The SMILES string of the molecule is c1ccc(-c2nc(-c3ccc4oc5ccccc5c4c3)nc(-c3cccc4oc5ccc(-c6cccc7oc8cc(-c9ccc%10c(c9)c9ccccc9n%10-c9ccccc9)ccc8c67)cc5c34)n2)cc1. The quantitative estimate of drug-likeness (QED) is 0.165. The summed E-state index contributed by atoms with van der Waals surface area (Å²) in [7, 11) is 0. The van der Waals surface area contributed by atoms with Gasteiger partial charge in [-0.15, -0.1) is 0 Å². The van der Waals surface area contributed by atoms with Crippen LogP contribution in [-0.4, -0.2) is 19.5 Å². The van der Waals surface area contributed by atoms with E-state index >= 15 is 0 Å².